The van der Waals surface area contributed by atoms with E-state index in [9.17, 15) is 18.0 Å². The molecule has 0 bridgehead atoms. The molecule has 0 aromatic heterocycles. The third kappa shape index (κ3) is 4.64. The summed E-state index contributed by atoms with van der Waals surface area (Å²) in [5.41, 5.74) is 1.03. The predicted molar refractivity (Wildman–Crippen MR) is 104 cm³/mol. The van der Waals surface area contributed by atoms with Crippen molar-refractivity contribution in [1.29, 1.82) is 0 Å². The molecule has 1 aromatic rings. The Morgan fingerprint density at radius 1 is 1.18 bits per heavy atom. The van der Waals surface area contributed by atoms with Gasteiger partial charge in [0.15, 0.2) is 0 Å². The average molecular weight is 410 g/mol. The van der Waals surface area contributed by atoms with Gasteiger partial charge in [0.2, 0.25) is 21.8 Å². The van der Waals surface area contributed by atoms with Gasteiger partial charge in [-0.2, -0.15) is 4.31 Å². The zero-order valence-corrected chi connectivity index (χ0v) is 17.2. The van der Waals surface area contributed by atoms with Gasteiger partial charge in [0.05, 0.1) is 19.3 Å². The van der Waals surface area contributed by atoms with Crippen LogP contribution in [0.1, 0.15) is 12.0 Å². The highest BCUT2D eigenvalue weighted by atomic mass is 32.2. The van der Waals surface area contributed by atoms with Crippen molar-refractivity contribution >= 4 is 21.8 Å². The minimum atomic E-state index is -3.23. The van der Waals surface area contributed by atoms with E-state index in [0.29, 0.717) is 45.7 Å². The molecule has 3 rings (SSSR count). The molecule has 9 heteroatoms. The van der Waals surface area contributed by atoms with Crippen LogP contribution in [0, 0.1) is 5.92 Å². The van der Waals surface area contributed by atoms with Crippen LogP contribution in [0.3, 0.4) is 0 Å². The Balaban J connectivity index is 1.53. The van der Waals surface area contributed by atoms with E-state index < -0.39 is 10.0 Å². The molecule has 2 aliphatic heterocycles. The van der Waals surface area contributed by atoms with Gasteiger partial charge in [-0.3, -0.25) is 9.59 Å². The van der Waals surface area contributed by atoms with E-state index in [1.807, 2.05) is 24.3 Å². The molecule has 2 amide bonds. The highest BCUT2D eigenvalue weighted by Gasteiger charge is 2.37. The van der Waals surface area contributed by atoms with E-state index in [2.05, 4.69) is 0 Å². The Morgan fingerprint density at radius 3 is 2.50 bits per heavy atom. The van der Waals surface area contributed by atoms with Gasteiger partial charge in [-0.05, 0) is 18.1 Å². The number of benzene rings is 1. The number of rotatable bonds is 6. The number of hydrogen-bond donors (Lipinski definition) is 0. The number of amides is 2. The maximum atomic E-state index is 12.8. The van der Waals surface area contributed by atoms with Crippen LogP contribution >= 0.6 is 0 Å². The van der Waals surface area contributed by atoms with Crippen LogP contribution in [-0.2, 0) is 26.0 Å². The number of carbonyl (C=O) groups is 2. The summed E-state index contributed by atoms with van der Waals surface area (Å²) < 4.78 is 29.9. The summed E-state index contributed by atoms with van der Waals surface area (Å²) in [5.74, 6) is 0.379. The first-order valence-electron chi connectivity index (χ1n) is 9.43. The van der Waals surface area contributed by atoms with Crippen molar-refractivity contribution in [2.45, 2.75) is 12.8 Å². The lowest BCUT2D eigenvalue weighted by Gasteiger charge is -2.34. The minimum absolute atomic E-state index is 0.0111. The van der Waals surface area contributed by atoms with Gasteiger partial charge in [-0.15, -0.1) is 0 Å². The van der Waals surface area contributed by atoms with Crippen LogP contribution in [0.2, 0.25) is 0 Å². The molecule has 2 heterocycles. The number of nitrogens with zero attached hydrogens (tertiary/aromatic N) is 3. The van der Waals surface area contributed by atoms with Crippen LogP contribution in [0.4, 0.5) is 0 Å². The second kappa shape index (κ2) is 8.48. The molecule has 154 valence electrons. The van der Waals surface area contributed by atoms with Crippen LogP contribution in [0.15, 0.2) is 24.3 Å². The highest BCUT2D eigenvalue weighted by molar-refractivity contribution is 7.88. The first-order chi connectivity index (χ1) is 13.3. The number of methoxy groups -OCH3 is 1. The van der Waals surface area contributed by atoms with Crippen molar-refractivity contribution in [3.63, 3.8) is 0 Å². The molecule has 2 fully saturated rings. The third-order valence-electron chi connectivity index (χ3n) is 5.43. The maximum absolute atomic E-state index is 12.8. The van der Waals surface area contributed by atoms with E-state index in [-0.39, 0.29) is 24.2 Å². The third-order valence-corrected chi connectivity index (χ3v) is 6.73. The van der Waals surface area contributed by atoms with Crippen LogP contribution < -0.4 is 4.74 Å². The molecule has 0 N–H and O–H groups in total. The molecule has 0 unspecified atom stereocenters. The molecule has 1 atom stereocenters. The quantitative estimate of drug-likeness (QED) is 0.669. The molecule has 2 saturated heterocycles. The van der Waals surface area contributed by atoms with Crippen LogP contribution in [-0.4, -0.2) is 87.0 Å². The lowest BCUT2D eigenvalue weighted by atomic mass is 10.1. The minimum Gasteiger partial charge on any atom is -0.496 e. The standard InChI is InChI=1S/C19H27N3O5S/c1-27-17-6-4-3-5-15(17)7-8-21-14-16(13-18(21)23)19(24)20-9-11-22(12-10-20)28(2,25)26/h3-6,16H,7-14H2,1-2H3/t16-/m0/s1. The van der Waals surface area contributed by atoms with Crippen molar-refractivity contribution in [3.05, 3.63) is 29.8 Å². The molecule has 0 radical (unpaired) electrons. The van der Waals surface area contributed by atoms with Crippen molar-refractivity contribution in [1.82, 2.24) is 14.1 Å². The molecular formula is C19H27N3O5S. The summed E-state index contributed by atoms with van der Waals surface area (Å²) in [5, 5.41) is 0. The Bertz CT molecular complexity index is 834. The Kier molecular flexibility index (Phi) is 6.24. The van der Waals surface area contributed by atoms with Crippen molar-refractivity contribution in [2.24, 2.45) is 5.92 Å². The second-order valence-corrected chi connectivity index (χ2v) is 9.27. The van der Waals surface area contributed by atoms with E-state index in [1.165, 1.54) is 10.6 Å². The van der Waals surface area contributed by atoms with Crippen molar-refractivity contribution in [3.8, 4) is 5.75 Å². The summed E-state index contributed by atoms with van der Waals surface area (Å²) in [4.78, 5) is 28.6. The lowest BCUT2D eigenvalue weighted by molar-refractivity contribution is -0.137. The topological polar surface area (TPSA) is 87.2 Å². The Morgan fingerprint density at radius 2 is 1.86 bits per heavy atom. The number of ether oxygens (including phenoxy) is 1. The first-order valence-corrected chi connectivity index (χ1v) is 11.3. The number of piperazine rings is 1. The normalized spacial score (nSPS) is 21.2. The van der Waals surface area contributed by atoms with Crippen LogP contribution in [0.5, 0.6) is 5.75 Å². The molecule has 0 aliphatic carbocycles. The number of carbonyl (C=O) groups excluding carboxylic acids is 2. The number of likely N-dealkylation sites (tertiary alicyclic amines) is 1. The number of para-hydroxylation sites is 1. The molecule has 8 nitrogen and oxygen atoms in total. The monoisotopic (exact) mass is 409 g/mol. The zero-order chi connectivity index (χ0) is 20.3. The fourth-order valence-corrected chi connectivity index (χ4v) is 4.64. The summed E-state index contributed by atoms with van der Waals surface area (Å²) in [6.07, 6.45) is 2.07. The molecular weight excluding hydrogens is 382 g/mol. The molecule has 1 aromatic carbocycles. The summed E-state index contributed by atoms with van der Waals surface area (Å²) in [7, 11) is -1.61. The summed E-state index contributed by atoms with van der Waals surface area (Å²) >= 11 is 0. The Labute approximate surface area is 166 Å². The maximum Gasteiger partial charge on any atom is 0.228 e. The smallest absolute Gasteiger partial charge is 0.228 e. The summed E-state index contributed by atoms with van der Waals surface area (Å²) in [6, 6.07) is 7.71. The van der Waals surface area contributed by atoms with Gasteiger partial charge in [0.25, 0.3) is 0 Å². The van der Waals surface area contributed by atoms with Gasteiger partial charge >= 0.3 is 0 Å². The summed E-state index contributed by atoms with van der Waals surface area (Å²) in [6.45, 7) is 2.32. The molecule has 0 saturated carbocycles. The Hall–Kier alpha value is -2.13. The van der Waals surface area contributed by atoms with Gasteiger partial charge in [0, 0.05) is 45.7 Å². The predicted octanol–water partition coefficient (Wildman–Crippen LogP) is 0.190. The number of sulfonamides is 1. The van der Waals surface area contributed by atoms with E-state index >= 15 is 0 Å². The fraction of sp³-hybridized carbons (Fsp3) is 0.579. The van der Waals surface area contributed by atoms with E-state index in [0.717, 1.165) is 11.3 Å². The van der Waals surface area contributed by atoms with E-state index in [1.54, 1.807) is 16.9 Å². The average Bonchev–Trinajstić information content (AvgIpc) is 3.06. The van der Waals surface area contributed by atoms with Gasteiger partial charge in [-0.25, -0.2) is 8.42 Å². The van der Waals surface area contributed by atoms with Gasteiger partial charge in [0.1, 0.15) is 5.75 Å². The van der Waals surface area contributed by atoms with Gasteiger partial charge in [-0.1, -0.05) is 18.2 Å². The fourth-order valence-electron chi connectivity index (χ4n) is 3.82. The second-order valence-electron chi connectivity index (χ2n) is 7.29. The lowest BCUT2D eigenvalue weighted by Crippen LogP contribution is -2.51. The van der Waals surface area contributed by atoms with Gasteiger partial charge < -0.3 is 14.5 Å². The van der Waals surface area contributed by atoms with Crippen molar-refractivity contribution < 1.29 is 22.7 Å². The SMILES string of the molecule is COc1ccccc1CCN1C[C@@H](C(=O)N2CCN(S(C)(=O)=O)CC2)CC1=O. The molecule has 28 heavy (non-hydrogen) atoms. The largest absolute Gasteiger partial charge is 0.496 e. The first kappa shape index (κ1) is 20.6. The molecule has 0 spiro atoms. The highest BCUT2D eigenvalue weighted by Crippen LogP contribution is 2.23. The van der Waals surface area contributed by atoms with E-state index in [4.69, 9.17) is 4.74 Å². The van der Waals surface area contributed by atoms with Crippen molar-refractivity contribution in [2.75, 3.05) is 52.6 Å². The number of hydrogen-bond acceptors (Lipinski definition) is 5. The molecule has 2 aliphatic rings. The zero-order valence-electron chi connectivity index (χ0n) is 16.3. The van der Waals surface area contributed by atoms with Crippen LogP contribution in [0.25, 0.3) is 0 Å².